The first-order chi connectivity index (χ1) is 17.2. The van der Waals surface area contributed by atoms with Crippen LogP contribution in [0.15, 0.2) is 77.1 Å². The third kappa shape index (κ3) is 6.71. The lowest BCUT2D eigenvalue weighted by molar-refractivity contribution is -0.143. The van der Waals surface area contributed by atoms with Crippen molar-refractivity contribution >= 4 is 5.97 Å². The second-order valence-corrected chi connectivity index (χ2v) is 8.03. The molecule has 0 radical (unpaired) electrons. The molecule has 1 atom stereocenters. The van der Waals surface area contributed by atoms with Crippen LogP contribution in [-0.4, -0.2) is 35.4 Å². The van der Waals surface area contributed by atoms with E-state index in [1.54, 1.807) is 6.26 Å². The fraction of sp³-hybridized carbons (Fsp3) is 0.333. The fourth-order valence-corrected chi connectivity index (χ4v) is 3.80. The topological polar surface area (TPSA) is 86.1 Å². The van der Waals surface area contributed by atoms with Crippen molar-refractivity contribution in [2.45, 2.75) is 46.1 Å². The number of nitrogens with one attached hydrogen (secondary N) is 1. The first kappa shape index (κ1) is 24.5. The van der Waals surface area contributed by atoms with Crippen LogP contribution in [0.4, 0.5) is 0 Å². The van der Waals surface area contributed by atoms with E-state index in [1.807, 2.05) is 79.7 Å². The summed E-state index contributed by atoms with van der Waals surface area (Å²) in [4.78, 5) is 16.2. The Morgan fingerprint density at radius 2 is 1.89 bits per heavy atom. The molecule has 0 amide bonds. The summed E-state index contributed by atoms with van der Waals surface area (Å²) in [6.45, 7) is 5.69. The first-order valence-electron chi connectivity index (χ1n) is 11.9. The number of hydrazine groups is 1. The molecule has 0 aliphatic carbocycles. The predicted octanol–water partition coefficient (Wildman–Crippen LogP) is 4.83. The summed E-state index contributed by atoms with van der Waals surface area (Å²) >= 11 is 0. The van der Waals surface area contributed by atoms with Gasteiger partial charge in [-0.3, -0.25) is 4.79 Å². The summed E-state index contributed by atoms with van der Waals surface area (Å²) in [5.41, 5.74) is 7.06. The SMILES string of the molecule is CCOC(=O)CCC1=CNN(Cc2ccc(OCc3coc(-c4ccccc4)n3)cc2)C1OCC. The number of ether oxygens (including phenoxy) is 3. The highest BCUT2D eigenvalue weighted by atomic mass is 16.5. The smallest absolute Gasteiger partial charge is 0.306 e. The number of oxazole rings is 1. The molecule has 4 rings (SSSR count). The molecule has 1 aliphatic heterocycles. The van der Waals surface area contributed by atoms with Crippen molar-refractivity contribution < 1.29 is 23.4 Å². The predicted molar refractivity (Wildman–Crippen MR) is 131 cm³/mol. The van der Waals surface area contributed by atoms with Gasteiger partial charge in [-0.15, -0.1) is 0 Å². The summed E-state index contributed by atoms with van der Waals surface area (Å²) in [5.74, 6) is 1.14. The Bertz CT molecular complexity index is 1110. The van der Waals surface area contributed by atoms with Crippen LogP contribution in [0.2, 0.25) is 0 Å². The number of nitrogens with zero attached hydrogens (tertiary/aromatic N) is 2. The molecule has 1 aromatic heterocycles. The van der Waals surface area contributed by atoms with Crippen molar-refractivity contribution in [1.82, 2.24) is 15.4 Å². The highest BCUT2D eigenvalue weighted by Gasteiger charge is 2.28. The largest absolute Gasteiger partial charge is 0.487 e. The minimum atomic E-state index is -0.226. The highest BCUT2D eigenvalue weighted by molar-refractivity contribution is 5.69. The maximum Gasteiger partial charge on any atom is 0.306 e. The van der Waals surface area contributed by atoms with Gasteiger partial charge in [0.15, 0.2) is 6.23 Å². The van der Waals surface area contributed by atoms with Gasteiger partial charge in [-0.05, 0) is 55.7 Å². The van der Waals surface area contributed by atoms with Crippen LogP contribution >= 0.6 is 0 Å². The molecule has 184 valence electrons. The van der Waals surface area contributed by atoms with Gasteiger partial charge in [0.1, 0.15) is 24.3 Å². The van der Waals surface area contributed by atoms with E-state index in [-0.39, 0.29) is 12.2 Å². The Kier molecular flexibility index (Phi) is 8.53. The standard InChI is InChI=1S/C27H31N3O5/c1-3-32-25(31)15-12-22-16-28-30(27(22)33-4-2)17-20-10-13-24(14-11-20)34-18-23-19-35-26(29-23)21-8-6-5-7-9-21/h5-11,13-14,16,19,27-28H,3-4,12,15,17-18H2,1-2H3. The Morgan fingerprint density at radius 1 is 1.09 bits per heavy atom. The number of hydrogen-bond donors (Lipinski definition) is 1. The Morgan fingerprint density at radius 3 is 2.63 bits per heavy atom. The summed E-state index contributed by atoms with van der Waals surface area (Å²) in [6, 6.07) is 17.7. The van der Waals surface area contributed by atoms with Gasteiger partial charge in [-0.2, -0.15) is 5.01 Å². The third-order valence-corrected chi connectivity index (χ3v) is 5.50. The van der Waals surface area contributed by atoms with Gasteiger partial charge in [-0.1, -0.05) is 30.3 Å². The molecule has 0 spiro atoms. The molecule has 8 nitrogen and oxygen atoms in total. The van der Waals surface area contributed by atoms with E-state index in [1.165, 1.54) is 0 Å². The number of benzene rings is 2. The van der Waals surface area contributed by atoms with Gasteiger partial charge < -0.3 is 24.1 Å². The molecule has 2 heterocycles. The van der Waals surface area contributed by atoms with E-state index < -0.39 is 0 Å². The summed E-state index contributed by atoms with van der Waals surface area (Å²) < 4.78 is 22.4. The molecule has 0 bridgehead atoms. The maximum absolute atomic E-state index is 11.7. The van der Waals surface area contributed by atoms with E-state index in [9.17, 15) is 4.79 Å². The van der Waals surface area contributed by atoms with E-state index in [2.05, 4.69) is 10.4 Å². The van der Waals surface area contributed by atoms with Crippen LogP contribution in [0.1, 0.15) is 37.9 Å². The van der Waals surface area contributed by atoms with Crippen LogP contribution in [0.25, 0.3) is 11.5 Å². The Labute approximate surface area is 205 Å². The van der Waals surface area contributed by atoms with Crippen LogP contribution in [0.3, 0.4) is 0 Å². The lowest BCUT2D eigenvalue weighted by atomic mass is 10.1. The summed E-state index contributed by atoms with van der Waals surface area (Å²) in [5, 5.41) is 2.01. The minimum absolute atomic E-state index is 0.195. The van der Waals surface area contributed by atoms with Crippen LogP contribution in [0.5, 0.6) is 5.75 Å². The van der Waals surface area contributed by atoms with E-state index >= 15 is 0 Å². The van der Waals surface area contributed by atoms with Crippen molar-refractivity contribution in [1.29, 1.82) is 0 Å². The molecule has 8 heteroatoms. The third-order valence-electron chi connectivity index (χ3n) is 5.50. The van der Waals surface area contributed by atoms with Crippen LogP contribution < -0.4 is 10.2 Å². The molecule has 0 saturated heterocycles. The molecule has 3 aromatic rings. The quantitative estimate of drug-likeness (QED) is 0.371. The van der Waals surface area contributed by atoms with Gasteiger partial charge in [0, 0.05) is 31.3 Å². The number of carbonyl (C=O) groups is 1. The van der Waals surface area contributed by atoms with Gasteiger partial charge >= 0.3 is 5.97 Å². The summed E-state index contributed by atoms with van der Waals surface area (Å²) in [7, 11) is 0. The average molecular weight is 478 g/mol. The highest BCUT2D eigenvalue weighted by Crippen LogP contribution is 2.24. The average Bonchev–Trinajstić information content (AvgIpc) is 3.51. The lowest BCUT2D eigenvalue weighted by Gasteiger charge is -2.26. The van der Waals surface area contributed by atoms with E-state index in [0.717, 1.165) is 28.1 Å². The number of rotatable bonds is 12. The zero-order chi connectivity index (χ0) is 24.5. The van der Waals surface area contributed by atoms with Crippen molar-refractivity contribution in [2.24, 2.45) is 0 Å². The molecule has 1 N–H and O–H groups in total. The second-order valence-electron chi connectivity index (χ2n) is 8.03. The monoisotopic (exact) mass is 477 g/mol. The van der Waals surface area contributed by atoms with Crippen LogP contribution in [0, 0.1) is 0 Å². The van der Waals surface area contributed by atoms with Gasteiger partial charge in [0.05, 0.1) is 6.61 Å². The van der Waals surface area contributed by atoms with Gasteiger partial charge in [0.2, 0.25) is 5.89 Å². The Balaban J connectivity index is 1.28. The van der Waals surface area contributed by atoms with E-state index in [4.69, 9.17) is 18.6 Å². The maximum atomic E-state index is 11.7. The molecule has 1 aliphatic rings. The van der Waals surface area contributed by atoms with Gasteiger partial charge in [0.25, 0.3) is 0 Å². The number of carbonyl (C=O) groups excluding carboxylic acids is 1. The van der Waals surface area contributed by atoms with Crippen molar-refractivity contribution in [2.75, 3.05) is 13.2 Å². The van der Waals surface area contributed by atoms with Crippen LogP contribution in [-0.2, 0) is 27.4 Å². The molecular weight excluding hydrogens is 446 g/mol. The number of esters is 1. The van der Waals surface area contributed by atoms with Crippen molar-refractivity contribution in [3.05, 3.63) is 83.9 Å². The second kappa shape index (κ2) is 12.2. The number of aromatic nitrogens is 1. The molecule has 2 aromatic carbocycles. The van der Waals surface area contributed by atoms with Crippen molar-refractivity contribution in [3.63, 3.8) is 0 Å². The molecule has 35 heavy (non-hydrogen) atoms. The Hall–Kier alpha value is -3.62. The molecular formula is C27H31N3O5. The zero-order valence-corrected chi connectivity index (χ0v) is 20.1. The lowest BCUT2D eigenvalue weighted by Crippen LogP contribution is -2.39. The molecule has 1 unspecified atom stereocenters. The fourth-order valence-electron chi connectivity index (χ4n) is 3.80. The normalized spacial score (nSPS) is 15.5. The minimum Gasteiger partial charge on any atom is -0.487 e. The van der Waals surface area contributed by atoms with E-state index in [0.29, 0.717) is 45.1 Å². The zero-order valence-electron chi connectivity index (χ0n) is 20.1. The molecule has 0 saturated carbocycles. The van der Waals surface area contributed by atoms with Crippen molar-refractivity contribution in [3.8, 4) is 17.2 Å². The van der Waals surface area contributed by atoms with Gasteiger partial charge in [-0.25, -0.2) is 4.98 Å². The summed E-state index contributed by atoms with van der Waals surface area (Å²) in [6.07, 6.45) is 4.24. The molecule has 0 fully saturated rings. The number of hydrogen-bond acceptors (Lipinski definition) is 8. The first-order valence-corrected chi connectivity index (χ1v) is 11.9.